The number of amides is 1. The van der Waals surface area contributed by atoms with Gasteiger partial charge in [0, 0.05) is 27.1 Å². The number of para-hydroxylation sites is 2. The lowest BCUT2D eigenvalue weighted by atomic mass is 10.0. The van der Waals surface area contributed by atoms with Crippen LogP contribution in [0.1, 0.15) is 22.8 Å². The minimum absolute atomic E-state index is 0.00862. The Morgan fingerprint density at radius 3 is 2.63 bits per heavy atom. The lowest BCUT2D eigenvalue weighted by Crippen LogP contribution is -2.34. The zero-order valence-corrected chi connectivity index (χ0v) is 17.0. The van der Waals surface area contributed by atoms with Crippen LogP contribution in [0.25, 0.3) is 10.9 Å². The minimum atomic E-state index is -0.163. The minimum Gasteiger partial charge on any atom is -0.360 e. The number of halogens is 1. The maximum Gasteiger partial charge on any atom is 0.238 e. The first-order chi connectivity index (χ1) is 13.0. The molecule has 2 aromatic carbocycles. The summed E-state index contributed by atoms with van der Waals surface area (Å²) in [6, 6.07) is 13.4. The zero-order valence-electron chi connectivity index (χ0n) is 15.4. The third-order valence-electron chi connectivity index (χ3n) is 4.46. The molecule has 0 bridgehead atoms. The number of likely N-dealkylation sites (N-methyl/N-ethyl adjacent to an activating group) is 1. The fourth-order valence-electron chi connectivity index (χ4n) is 3.13. The Labute approximate surface area is 166 Å². The Kier molecular flexibility index (Phi) is 6.08. The average molecular weight is 428 g/mol. The molecule has 1 amide bonds. The number of hydrogen-bond acceptors (Lipinski definition) is 3. The van der Waals surface area contributed by atoms with Crippen LogP contribution in [0.15, 0.2) is 53.1 Å². The van der Waals surface area contributed by atoms with E-state index in [0.717, 1.165) is 21.8 Å². The fourth-order valence-corrected chi connectivity index (χ4v) is 3.51. The topological polar surface area (TPSA) is 65.2 Å². The van der Waals surface area contributed by atoms with Crippen LogP contribution in [0.3, 0.4) is 0 Å². The number of H-pyrrole nitrogens is 1. The van der Waals surface area contributed by atoms with Gasteiger partial charge in [0.2, 0.25) is 5.91 Å². The van der Waals surface area contributed by atoms with Gasteiger partial charge in [0.15, 0.2) is 5.78 Å². The molecule has 6 heteroatoms. The van der Waals surface area contributed by atoms with Crippen LogP contribution in [-0.4, -0.2) is 41.7 Å². The molecular weight excluding hydrogens is 406 g/mol. The molecule has 0 saturated carbocycles. The number of nitrogens with one attached hydrogen (secondary N) is 2. The van der Waals surface area contributed by atoms with Crippen LogP contribution in [-0.2, 0) is 11.2 Å². The molecule has 2 N–H and O–H groups in total. The highest BCUT2D eigenvalue weighted by molar-refractivity contribution is 9.10. The van der Waals surface area contributed by atoms with Gasteiger partial charge in [-0.25, -0.2) is 0 Å². The quantitative estimate of drug-likeness (QED) is 0.554. The number of Topliss-reactive ketones (excluding diaryl/α,β-unsaturated/α-hetero) is 1. The number of aromatic amines is 1. The maximum absolute atomic E-state index is 12.7. The Balaban J connectivity index is 1.64. The van der Waals surface area contributed by atoms with Gasteiger partial charge < -0.3 is 10.3 Å². The largest absolute Gasteiger partial charge is 0.360 e. The summed E-state index contributed by atoms with van der Waals surface area (Å²) in [4.78, 5) is 29.9. The molecule has 0 aliphatic rings. The summed E-state index contributed by atoms with van der Waals surface area (Å²) in [5.74, 6) is -0.171. The highest BCUT2D eigenvalue weighted by atomic mass is 79.9. The van der Waals surface area contributed by atoms with E-state index in [2.05, 4.69) is 39.2 Å². The molecule has 1 heterocycles. The molecule has 0 atom stereocenters. The van der Waals surface area contributed by atoms with E-state index in [9.17, 15) is 9.59 Å². The van der Waals surface area contributed by atoms with Crippen molar-refractivity contribution in [1.82, 2.24) is 9.88 Å². The third kappa shape index (κ3) is 4.46. The van der Waals surface area contributed by atoms with Gasteiger partial charge in [-0.2, -0.15) is 0 Å². The van der Waals surface area contributed by atoms with E-state index >= 15 is 0 Å². The number of fused-ring (bicyclic) bond motifs is 1. The third-order valence-corrected chi connectivity index (χ3v) is 5.15. The standard InChI is InChI=1S/C21H22BrN3O2/c1-3-14-7-6-8-15-16(11-23-21(14)15)19(26)12-25(2)13-20(27)24-18-10-5-4-9-17(18)22/h4-11,23H,3,12-13H2,1-2H3,(H,24,27). The Bertz CT molecular complexity index is 980. The summed E-state index contributed by atoms with van der Waals surface area (Å²) in [5.41, 5.74) is 3.58. The van der Waals surface area contributed by atoms with E-state index in [1.807, 2.05) is 36.4 Å². The molecule has 0 unspecified atom stereocenters. The van der Waals surface area contributed by atoms with Crippen LogP contribution in [0.2, 0.25) is 0 Å². The molecule has 0 aliphatic heterocycles. The first-order valence-electron chi connectivity index (χ1n) is 8.84. The number of rotatable bonds is 7. The van der Waals surface area contributed by atoms with E-state index < -0.39 is 0 Å². The lowest BCUT2D eigenvalue weighted by Gasteiger charge is -2.15. The molecular formula is C21H22BrN3O2. The van der Waals surface area contributed by atoms with Crippen LogP contribution < -0.4 is 5.32 Å². The van der Waals surface area contributed by atoms with Gasteiger partial charge in [-0.15, -0.1) is 0 Å². The van der Waals surface area contributed by atoms with Crippen molar-refractivity contribution in [3.8, 4) is 0 Å². The van der Waals surface area contributed by atoms with Crippen LogP contribution in [0.4, 0.5) is 5.69 Å². The smallest absolute Gasteiger partial charge is 0.238 e. The Morgan fingerprint density at radius 2 is 1.89 bits per heavy atom. The van der Waals surface area contributed by atoms with Gasteiger partial charge in [-0.1, -0.05) is 37.3 Å². The average Bonchev–Trinajstić information content (AvgIpc) is 3.07. The summed E-state index contributed by atoms with van der Waals surface area (Å²) in [7, 11) is 1.77. The van der Waals surface area contributed by atoms with Gasteiger partial charge in [0.1, 0.15) is 0 Å². The second-order valence-corrected chi connectivity index (χ2v) is 7.37. The van der Waals surface area contributed by atoms with Crippen molar-refractivity contribution in [1.29, 1.82) is 0 Å². The van der Waals surface area contributed by atoms with Gasteiger partial charge >= 0.3 is 0 Å². The van der Waals surface area contributed by atoms with Crippen molar-refractivity contribution >= 4 is 44.2 Å². The predicted molar refractivity (Wildman–Crippen MR) is 112 cm³/mol. The van der Waals surface area contributed by atoms with E-state index in [1.54, 1.807) is 18.1 Å². The monoisotopic (exact) mass is 427 g/mol. The fraction of sp³-hybridized carbons (Fsp3) is 0.238. The van der Waals surface area contributed by atoms with Crippen molar-refractivity contribution in [2.75, 3.05) is 25.5 Å². The second kappa shape index (κ2) is 8.50. The molecule has 5 nitrogen and oxygen atoms in total. The number of aromatic nitrogens is 1. The van der Waals surface area contributed by atoms with E-state index in [4.69, 9.17) is 0 Å². The van der Waals surface area contributed by atoms with Gasteiger partial charge in [0.05, 0.1) is 18.8 Å². The lowest BCUT2D eigenvalue weighted by molar-refractivity contribution is -0.116. The molecule has 0 fully saturated rings. The first kappa shape index (κ1) is 19.3. The van der Waals surface area contributed by atoms with Crippen molar-refractivity contribution in [2.24, 2.45) is 0 Å². The van der Waals surface area contributed by atoms with Gasteiger partial charge in [-0.05, 0) is 47.1 Å². The number of carbonyl (C=O) groups excluding carboxylic acids is 2. The summed E-state index contributed by atoms with van der Waals surface area (Å²) in [6.07, 6.45) is 2.67. The predicted octanol–water partition coefficient (Wildman–Crippen LogP) is 4.25. The molecule has 1 aromatic heterocycles. The van der Waals surface area contributed by atoms with Crippen LogP contribution >= 0.6 is 15.9 Å². The SMILES string of the molecule is CCc1cccc2c(C(=O)CN(C)CC(=O)Nc3ccccc3Br)c[nH]c12. The molecule has 0 radical (unpaired) electrons. The van der Waals surface area contributed by atoms with Gasteiger partial charge in [-0.3, -0.25) is 14.5 Å². The highest BCUT2D eigenvalue weighted by Crippen LogP contribution is 2.23. The summed E-state index contributed by atoms with van der Waals surface area (Å²) in [5, 5.41) is 3.78. The number of carbonyl (C=O) groups is 2. The molecule has 3 aromatic rings. The Hall–Kier alpha value is -2.44. The molecule has 3 rings (SSSR count). The molecule has 140 valence electrons. The maximum atomic E-state index is 12.7. The van der Waals surface area contributed by atoms with Crippen LogP contribution in [0.5, 0.6) is 0 Å². The van der Waals surface area contributed by atoms with Crippen molar-refractivity contribution in [3.63, 3.8) is 0 Å². The summed E-state index contributed by atoms with van der Waals surface area (Å²) >= 11 is 3.41. The number of nitrogens with zero attached hydrogens (tertiary/aromatic N) is 1. The second-order valence-electron chi connectivity index (χ2n) is 6.52. The summed E-state index contributed by atoms with van der Waals surface area (Å²) in [6.45, 7) is 2.40. The summed E-state index contributed by atoms with van der Waals surface area (Å²) < 4.78 is 0.822. The van der Waals surface area contributed by atoms with Gasteiger partial charge in [0.25, 0.3) is 0 Å². The molecule has 0 spiro atoms. The van der Waals surface area contributed by atoms with Crippen molar-refractivity contribution < 1.29 is 9.59 Å². The normalized spacial score (nSPS) is 11.1. The molecule has 27 heavy (non-hydrogen) atoms. The van der Waals surface area contributed by atoms with Crippen LogP contribution in [0, 0.1) is 0 Å². The number of ketones is 1. The van der Waals surface area contributed by atoms with Crippen molar-refractivity contribution in [3.05, 3.63) is 64.3 Å². The number of hydrogen-bond donors (Lipinski definition) is 2. The Morgan fingerprint density at radius 1 is 1.11 bits per heavy atom. The highest BCUT2D eigenvalue weighted by Gasteiger charge is 2.17. The zero-order chi connectivity index (χ0) is 19.4. The molecule has 0 saturated heterocycles. The number of aryl methyl sites for hydroxylation is 1. The number of anilines is 1. The van der Waals surface area contributed by atoms with E-state index in [-0.39, 0.29) is 24.8 Å². The van der Waals surface area contributed by atoms with E-state index in [0.29, 0.717) is 11.3 Å². The van der Waals surface area contributed by atoms with E-state index in [1.165, 1.54) is 5.56 Å². The van der Waals surface area contributed by atoms with Crippen molar-refractivity contribution in [2.45, 2.75) is 13.3 Å². The number of benzene rings is 2. The molecule has 0 aliphatic carbocycles. The first-order valence-corrected chi connectivity index (χ1v) is 9.64.